The summed E-state index contributed by atoms with van der Waals surface area (Å²) in [5.74, 6) is 0.657. The smallest absolute Gasteiger partial charge is 0.407 e. The van der Waals surface area contributed by atoms with E-state index in [1.165, 1.54) is 6.07 Å². The third kappa shape index (κ3) is 8.27. The number of nitrogens with zero attached hydrogens (tertiary/aromatic N) is 6. The van der Waals surface area contributed by atoms with Gasteiger partial charge in [-0.3, -0.25) is 0 Å². The molecule has 2 aliphatic heterocycles. The third-order valence-corrected chi connectivity index (χ3v) is 10.5. The van der Waals surface area contributed by atoms with Crippen LogP contribution >= 0.6 is 0 Å². The van der Waals surface area contributed by atoms with E-state index >= 15 is 4.39 Å². The van der Waals surface area contributed by atoms with Gasteiger partial charge in [-0.25, -0.2) is 23.9 Å². The largest absolute Gasteiger partial charge is 0.487 e. The first-order valence-electron chi connectivity index (χ1n) is 18.7. The molecule has 3 atom stereocenters. The molecule has 1 aliphatic carbocycles. The van der Waals surface area contributed by atoms with Gasteiger partial charge in [0, 0.05) is 32.1 Å². The van der Waals surface area contributed by atoms with Crippen molar-refractivity contribution in [3.8, 4) is 5.75 Å². The Kier molecular flexibility index (Phi) is 10.5. The Bertz CT molecular complexity index is 1920. The Morgan fingerprint density at radius 1 is 1.02 bits per heavy atom. The topological polar surface area (TPSA) is 145 Å². The van der Waals surface area contributed by atoms with Crippen LogP contribution in [-0.4, -0.2) is 76.1 Å². The fraction of sp³-hybridized carbons (Fsp3) is 0.500. The zero-order chi connectivity index (χ0) is 38.0. The number of nitrogens with one attached hydrogen (secondary N) is 1. The summed E-state index contributed by atoms with van der Waals surface area (Å²) in [7, 11) is 0. The number of piperidine rings is 1. The molecule has 3 aliphatic rings. The maximum atomic E-state index is 15.1. The number of anilines is 2. The molecular weight excluding hydrogens is 693 g/mol. The van der Waals surface area contributed by atoms with E-state index < -0.39 is 29.3 Å². The lowest BCUT2D eigenvalue weighted by atomic mass is 9.79. The Labute approximate surface area is 314 Å². The Balaban J connectivity index is 0.937. The molecule has 2 aromatic heterocycles. The van der Waals surface area contributed by atoms with Crippen LogP contribution in [0, 0.1) is 18.7 Å². The van der Waals surface area contributed by atoms with Crippen LogP contribution in [0.4, 0.5) is 21.1 Å². The van der Waals surface area contributed by atoms with Gasteiger partial charge < -0.3 is 33.9 Å². The molecular formula is C40H48FN7O6. The Morgan fingerprint density at radius 2 is 1.74 bits per heavy atom. The number of benzene rings is 2. The Hall–Kier alpha value is -5.27. The molecule has 2 aromatic carbocycles. The van der Waals surface area contributed by atoms with Crippen LogP contribution in [0.1, 0.15) is 93.0 Å². The van der Waals surface area contributed by atoms with Crippen molar-refractivity contribution in [1.82, 2.24) is 25.4 Å². The second-order valence-electron chi connectivity index (χ2n) is 15.7. The number of rotatable bonds is 10. The molecule has 0 spiro atoms. The second kappa shape index (κ2) is 15.2. The van der Waals surface area contributed by atoms with E-state index in [-0.39, 0.29) is 23.8 Å². The van der Waals surface area contributed by atoms with Gasteiger partial charge in [0.15, 0.2) is 11.4 Å². The number of carbonyl (C=O) groups excluding carboxylic acids is 2. The second-order valence-corrected chi connectivity index (χ2v) is 15.7. The first kappa shape index (κ1) is 37.1. The van der Waals surface area contributed by atoms with Gasteiger partial charge in [0.2, 0.25) is 11.8 Å². The van der Waals surface area contributed by atoms with E-state index in [9.17, 15) is 9.59 Å². The van der Waals surface area contributed by atoms with Crippen LogP contribution < -0.4 is 19.9 Å². The molecule has 4 aromatic rings. The third-order valence-electron chi connectivity index (χ3n) is 10.5. The number of aryl methyl sites for hydroxylation is 1. The summed E-state index contributed by atoms with van der Waals surface area (Å²) in [5, 5.41) is 7.20. The molecule has 3 fully saturated rings. The van der Waals surface area contributed by atoms with Gasteiger partial charge >= 0.3 is 18.1 Å². The maximum absolute atomic E-state index is 15.1. The van der Waals surface area contributed by atoms with E-state index in [0.29, 0.717) is 73.7 Å². The maximum Gasteiger partial charge on any atom is 0.407 e. The summed E-state index contributed by atoms with van der Waals surface area (Å²) in [5.41, 5.74) is 0.431. The normalized spacial score (nSPS) is 20.6. The zero-order valence-corrected chi connectivity index (χ0v) is 31.5. The molecule has 1 amide bonds. The SMILES string of the molecule is Cc1ccc(F)c([C@H]2CN(c3ncc(O[C@@H](C)C4CCN(c5nc(C6(OC(=O)c7ccccc7)CCC6)no5)CC4)cn3)C[C@@H]2NC(=O)OC(C)(C)C)c1. The molecule has 1 N–H and O–H groups in total. The Morgan fingerprint density at radius 3 is 2.41 bits per heavy atom. The van der Waals surface area contributed by atoms with Crippen molar-refractivity contribution < 1.29 is 32.7 Å². The fourth-order valence-electron chi connectivity index (χ4n) is 7.45. The number of hydrogen-bond donors (Lipinski definition) is 1. The summed E-state index contributed by atoms with van der Waals surface area (Å²) in [6.07, 6.45) is 6.60. The van der Waals surface area contributed by atoms with Crippen molar-refractivity contribution in [3.63, 3.8) is 0 Å². The predicted octanol–water partition coefficient (Wildman–Crippen LogP) is 6.72. The number of ether oxygens (including phenoxy) is 3. The molecule has 14 heteroatoms. The standard InChI is InChI=1S/C40H48FN7O6/c1-25-12-13-32(41)30(20-25)31-23-48(24-33(31)44-38(50)53-39(3,4)5)36-42-21-29(22-43-36)51-26(2)27-14-18-47(19-15-27)37-45-35(46-54-37)40(16-9-17-40)52-34(49)28-10-7-6-8-11-28/h6-8,10-13,20-22,26-27,31,33H,9,14-19,23-24H2,1-5H3,(H,44,50)/t26-,31+,33-/m0/s1. The average molecular weight is 742 g/mol. The molecule has 7 rings (SSSR count). The number of halogens is 1. The highest BCUT2D eigenvalue weighted by atomic mass is 19.1. The lowest BCUT2D eigenvalue weighted by Crippen LogP contribution is -2.43. The van der Waals surface area contributed by atoms with Crippen LogP contribution in [0.25, 0.3) is 0 Å². The highest BCUT2D eigenvalue weighted by Gasteiger charge is 2.47. The zero-order valence-electron chi connectivity index (χ0n) is 31.5. The van der Waals surface area contributed by atoms with Crippen molar-refractivity contribution in [3.05, 3.63) is 89.3 Å². The molecule has 4 heterocycles. The monoisotopic (exact) mass is 741 g/mol. The highest BCUT2D eigenvalue weighted by Crippen LogP contribution is 2.44. The van der Waals surface area contributed by atoms with E-state index in [0.717, 1.165) is 24.8 Å². The number of aromatic nitrogens is 4. The number of carbonyl (C=O) groups is 2. The average Bonchev–Trinajstić information content (AvgIpc) is 3.79. The molecule has 1 saturated carbocycles. The minimum atomic E-state index is -0.860. The van der Waals surface area contributed by atoms with Gasteiger partial charge in [0.05, 0.1) is 30.1 Å². The van der Waals surface area contributed by atoms with E-state index in [1.807, 2.05) is 36.1 Å². The number of alkyl carbamates (subject to hydrolysis) is 1. The summed E-state index contributed by atoms with van der Waals surface area (Å²) >= 11 is 0. The van der Waals surface area contributed by atoms with Crippen molar-refractivity contribution in [2.45, 2.75) is 96.0 Å². The number of amides is 1. The van der Waals surface area contributed by atoms with E-state index in [1.54, 1.807) is 51.4 Å². The lowest BCUT2D eigenvalue weighted by molar-refractivity contribution is -0.0737. The first-order valence-corrected chi connectivity index (χ1v) is 18.7. The molecule has 0 radical (unpaired) electrons. The summed E-state index contributed by atoms with van der Waals surface area (Å²) in [6.45, 7) is 11.6. The highest BCUT2D eigenvalue weighted by molar-refractivity contribution is 5.89. The minimum Gasteiger partial charge on any atom is -0.487 e. The van der Waals surface area contributed by atoms with Crippen LogP contribution in [0.5, 0.6) is 5.75 Å². The van der Waals surface area contributed by atoms with Crippen molar-refractivity contribution in [2.75, 3.05) is 36.0 Å². The van der Waals surface area contributed by atoms with Crippen molar-refractivity contribution >= 4 is 24.0 Å². The van der Waals surface area contributed by atoms with Crippen molar-refractivity contribution in [2.24, 2.45) is 5.92 Å². The molecule has 54 heavy (non-hydrogen) atoms. The van der Waals surface area contributed by atoms with Gasteiger partial charge in [-0.1, -0.05) is 41.1 Å². The summed E-state index contributed by atoms with van der Waals surface area (Å²) in [4.78, 5) is 43.5. The molecule has 0 bridgehead atoms. The number of hydrogen-bond acceptors (Lipinski definition) is 12. The molecule has 2 saturated heterocycles. The van der Waals surface area contributed by atoms with Gasteiger partial charge in [0.25, 0.3) is 0 Å². The molecule has 0 unspecified atom stereocenters. The van der Waals surface area contributed by atoms with Gasteiger partial charge in [-0.2, -0.15) is 4.98 Å². The molecule has 286 valence electrons. The van der Waals surface area contributed by atoms with Gasteiger partial charge in [-0.05, 0) is 96.4 Å². The first-order chi connectivity index (χ1) is 25.9. The quantitative estimate of drug-likeness (QED) is 0.172. The van der Waals surface area contributed by atoms with E-state index in [2.05, 4.69) is 37.2 Å². The minimum absolute atomic E-state index is 0.0987. The van der Waals surface area contributed by atoms with Gasteiger partial charge in [-0.15, -0.1) is 0 Å². The molecule has 13 nitrogen and oxygen atoms in total. The summed E-state index contributed by atoms with van der Waals surface area (Å²) < 4.78 is 38.5. The summed E-state index contributed by atoms with van der Waals surface area (Å²) in [6, 6.07) is 14.0. The van der Waals surface area contributed by atoms with Crippen LogP contribution in [0.3, 0.4) is 0 Å². The number of esters is 1. The lowest BCUT2D eigenvalue weighted by Gasteiger charge is -2.38. The van der Waals surface area contributed by atoms with E-state index in [4.69, 9.17) is 18.7 Å². The van der Waals surface area contributed by atoms with Crippen LogP contribution in [-0.2, 0) is 15.1 Å². The van der Waals surface area contributed by atoms with Crippen LogP contribution in [0.2, 0.25) is 0 Å². The van der Waals surface area contributed by atoms with Crippen LogP contribution in [0.15, 0.2) is 65.4 Å². The predicted molar refractivity (Wildman–Crippen MR) is 198 cm³/mol. The van der Waals surface area contributed by atoms with Gasteiger partial charge in [0.1, 0.15) is 11.4 Å². The van der Waals surface area contributed by atoms with Crippen molar-refractivity contribution in [1.29, 1.82) is 0 Å². The fourth-order valence-corrected chi connectivity index (χ4v) is 7.45.